The summed E-state index contributed by atoms with van der Waals surface area (Å²) in [7, 11) is 0. The number of halogens is 1. The fraction of sp³-hybridized carbons (Fsp3) is 0.368. The summed E-state index contributed by atoms with van der Waals surface area (Å²) in [6.45, 7) is 0.539. The van der Waals surface area contributed by atoms with Gasteiger partial charge in [-0.05, 0) is 48.9 Å². The molecule has 0 radical (unpaired) electrons. The second kappa shape index (κ2) is 9.71. The van der Waals surface area contributed by atoms with E-state index in [1.54, 1.807) is 17.4 Å². The van der Waals surface area contributed by atoms with Gasteiger partial charge >= 0.3 is 0 Å². The van der Waals surface area contributed by atoms with Crippen molar-refractivity contribution in [2.75, 3.05) is 17.2 Å². The van der Waals surface area contributed by atoms with Crippen LogP contribution in [0.15, 0.2) is 41.8 Å². The topological polar surface area (TPSA) is 84.2 Å². The first kappa shape index (κ1) is 20.4. The van der Waals surface area contributed by atoms with E-state index < -0.39 is 0 Å². The first-order valence-corrected chi connectivity index (χ1v) is 9.47. The molecule has 2 amide bonds. The van der Waals surface area contributed by atoms with Crippen LogP contribution in [0.3, 0.4) is 0 Å². The lowest BCUT2D eigenvalue weighted by Crippen LogP contribution is -2.30. The van der Waals surface area contributed by atoms with Crippen molar-refractivity contribution in [3.63, 3.8) is 0 Å². The maximum Gasteiger partial charge on any atom is 0.229 e. The average molecular weight is 394 g/mol. The molecule has 2 aromatic rings. The summed E-state index contributed by atoms with van der Waals surface area (Å²) in [5.41, 5.74) is 7.04. The Morgan fingerprint density at radius 1 is 1.08 bits per heavy atom. The number of benzene rings is 1. The van der Waals surface area contributed by atoms with Crippen molar-refractivity contribution in [2.45, 2.75) is 25.7 Å². The predicted molar refractivity (Wildman–Crippen MR) is 109 cm³/mol. The summed E-state index contributed by atoms with van der Waals surface area (Å²) in [4.78, 5) is 25.8. The van der Waals surface area contributed by atoms with Crippen LogP contribution in [0.4, 0.5) is 11.4 Å². The number of nitrogens with two attached hydrogens (primary N) is 1. The molecule has 5 nitrogen and oxygen atoms in total. The first-order valence-electron chi connectivity index (χ1n) is 8.59. The van der Waals surface area contributed by atoms with Crippen LogP contribution in [0, 0.1) is 11.8 Å². The lowest BCUT2D eigenvalue weighted by molar-refractivity contribution is -0.120. The molecule has 3 rings (SSSR count). The second-order valence-corrected chi connectivity index (χ2v) is 7.40. The predicted octanol–water partition coefficient (Wildman–Crippen LogP) is 3.66. The third kappa shape index (κ3) is 5.06. The Hall–Kier alpha value is -1.89. The lowest BCUT2D eigenvalue weighted by Gasteiger charge is -2.19. The molecule has 7 heteroatoms. The van der Waals surface area contributed by atoms with Crippen LogP contribution in [0.5, 0.6) is 0 Å². The van der Waals surface area contributed by atoms with E-state index in [0.29, 0.717) is 24.3 Å². The minimum atomic E-state index is -0.0927. The van der Waals surface area contributed by atoms with Crippen LogP contribution in [-0.2, 0) is 16.0 Å². The molecule has 0 bridgehead atoms. The quantitative estimate of drug-likeness (QED) is 0.700. The zero-order chi connectivity index (χ0) is 17.6. The Morgan fingerprint density at radius 3 is 2.46 bits per heavy atom. The molecule has 140 valence electrons. The number of nitrogens with one attached hydrogen (secondary N) is 2. The highest BCUT2D eigenvalue weighted by Gasteiger charge is 2.32. The van der Waals surface area contributed by atoms with Crippen molar-refractivity contribution < 1.29 is 9.59 Å². The van der Waals surface area contributed by atoms with Crippen LogP contribution in [0.25, 0.3) is 0 Å². The lowest BCUT2D eigenvalue weighted by atomic mass is 9.95. The first-order chi connectivity index (χ1) is 12.2. The summed E-state index contributed by atoms with van der Waals surface area (Å²) < 4.78 is 0. The molecule has 0 aliphatic heterocycles. The standard InChI is InChI=1S/C19H23N3O2S.ClH/c20-12-13-5-3-7-15(13)19(24)22-17-9-2-1-8-16(17)21-18(23)11-14-6-4-10-25-14;/h1-2,4,6,8-10,13,15H,3,5,7,11-12,20H2,(H,21,23)(H,22,24);1H/t13-,15-;/m1./s1. The third-order valence-electron chi connectivity index (χ3n) is 4.67. The molecule has 1 aromatic heterocycles. The Labute approximate surface area is 163 Å². The van der Waals surface area contributed by atoms with E-state index in [-0.39, 0.29) is 36.1 Å². The summed E-state index contributed by atoms with van der Waals surface area (Å²) >= 11 is 1.55. The highest BCUT2D eigenvalue weighted by Crippen LogP contribution is 2.32. The van der Waals surface area contributed by atoms with Gasteiger partial charge in [-0.25, -0.2) is 0 Å². The molecule has 1 saturated carbocycles. The van der Waals surface area contributed by atoms with Crippen molar-refractivity contribution in [2.24, 2.45) is 17.6 Å². The second-order valence-electron chi connectivity index (χ2n) is 6.37. The van der Waals surface area contributed by atoms with Gasteiger partial charge in [0.05, 0.1) is 17.8 Å². The molecular formula is C19H24ClN3O2S. The molecule has 1 heterocycles. The summed E-state index contributed by atoms with van der Waals surface area (Å²) in [5, 5.41) is 7.82. The van der Waals surface area contributed by atoms with Crippen LogP contribution in [-0.4, -0.2) is 18.4 Å². The molecule has 1 aliphatic carbocycles. The molecule has 2 atom stereocenters. The Kier molecular flexibility index (Phi) is 7.63. The van der Waals surface area contributed by atoms with E-state index in [1.807, 2.05) is 35.7 Å². The highest BCUT2D eigenvalue weighted by molar-refractivity contribution is 7.10. The molecule has 4 N–H and O–H groups in total. The van der Waals surface area contributed by atoms with Crippen molar-refractivity contribution >= 4 is 46.9 Å². The van der Waals surface area contributed by atoms with Gasteiger partial charge in [-0.1, -0.05) is 24.6 Å². The number of anilines is 2. The number of para-hydroxylation sites is 2. The van der Waals surface area contributed by atoms with Gasteiger partial charge in [0.1, 0.15) is 0 Å². The third-order valence-corrected chi connectivity index (χ3v) is 5.55. The van der Waals surface area contributed by atoms with Gasteiger partial charge in [-0.3, -0.25) is 9.59 Å². The number of carbonyl (C=O) groups is 2. The number of amides is 2. The Bertz CT molecular complexity index is 736. The van der Waals surface area contributed by atoms with Gasteiger partial charge in [-0.15, -0.1) is 23.7 Å². The largest absolute Gasteiger partial charge is 0.330 e. The minimum Gasteiger partial charge on any atom is -0.330 e. The fourth-order valence-electron chi connectivity index (χ4n) is 3.36. The zero-order valence-corrected chi connectivity index (χ0v) is 16.1. The summed E-state index contributed by atoms with van der Waals surface area (Å²) in [6.07, 6.45) is 3.26. The van der Waals surface area contributed by atoms with Crippen LogP contribution < -0.4 is 16.4 Å². The van der Waals surface area contributed by atoms with Crippen LogP contribution >= 0.6 is 23.7 Å². The maximum atomic E-state index is 12.6. The van der Waals surface area contributed by atoms with E-state index in [0.717, 1.165) is 24.1 Å². The van der Waals surface area contributed by atoms with Crippen molar-refractivity contribution in [3.8, 4) is 0 Å². The monoisotopic (exact) mass is 393 g/mol. The van der Waals surface area contributed by atoms with Crippen molar-refractivity contribution in [1.29, 1.82) is 0 Å². The normalized spacial score (nSPS) is 18.8. The zero-order valence-electron chi connectivity index (χ0n) is 14.4. The number of carbonyl (C=O) groups excluding carboxylic acids is 2. The van der Waals surface area contributed by atoms with Crippen molar-refractivity contribution in [1.82, 2.24) is 0 Å². The van der Waals surface area contributed by atoms with Gasteiger partial charge < -0.3 is 16.4 Å². The van der Waals surface area contributed by atoms with Crippen molar-refractivity contribution in [3.05, 3.63) is 46.7 Å². The molecule has 0 spiro atoms. The van der Waals surface area contributed by atoms with E-state index in [9.17, 15) is 9.59 Å². The van der Waals surface area contributed by atoms with E-state index >= 15 is 0 Å². The minimum absolute atomic E-state index is 0. The number of thiophene rings is 1. The molecule has 0 saturated heterocycles. The molecular weight excluding hydrogens is 370 g/mol. The van der Waals surface area contributed by atoms with E-state index in [1.165, 1.54) is 0 Å². The Balaban J connectivity index is 0.00000243. The number of hydrogen-bond donors (Lipinski definition) is 3. The average Bonchev–Trinajstić information content (AvgIpc) is 3.27. The molecule has 1 fully saturated rings. The fourth-order valence-corrected chi connectivity index (χ4v) is 4.06. The smallest absolute Gasteiger partial charge is 0.229 e. The molecule has 26 heavy (non-hydrogen) atoms. The maximum absolute atomic E-state index is 12.6. The number of hydrogen-bond acceptors (Lipinski definition) is 4. The van der Waals surface area contributed by atoms with Crippen LogP contribution in [0.1, 0.15) is 24.1 Å². The van der Waals surface area contributed by atoms with Gasteiger partial charge in [0.25, 0.3) is 0 Å². The summed E-state index contributed by atoms with van der Waals surface area (Å²) in [5.74, 6) is 0.109. The van der Waals surface area contributed by atoms with Crippen LogP contribution in [0.2, 0.25) is 0 Å². The Morgan fingerprint density at radius 2 is 1.81 bits per heavy atom. The molecule has 0 unspecified atom stereocenters. The van der Waals surface area contributed by atoms with E-state index in [4.69, 9.17) is 5.73 Å². The van der Waals surface area contributed by atoms with Gasteiger partial charge in [0.2, 0.25) is 11.8 Å². The molecule has 1 aliphatic rings. The van der Waals surface area contributed by atoms with Gasteiger partial charge in [-0.2, -0.15) is 0 Å². The molecule has 1 aromatic carbocycles. The van der Waals surface area contributed by atoms with Gasteiger partial charge in [0.15, 0.2) is 0 Å². The highest BCUT2D eigenvalue weighted by atomic mass is 35.5. The van der Waals surface area contributed by atoms with E-state index in [2.05, 4.69) is 10.6 Å². The summed E-state index contributed by atoms with van der Waals surface area (Å²) in [6, 6.07) is 11.2. The SMILES string of the molecule is Cl.NC[C@H]1CCC[C@H]1C(=O)Nc1ccccc1NC(=O)Cc1cccs1. The number of rotatable bonds is 6. The van der Waals surface area contributed by atoms with Gasteiger partial charge in [0, 0.05) is 10.8 Å².